The summed E-state index contributed by atoms with van der Waals surface area (Å²) >= 11 is 1.75. The predicted octanol–water partition coefficient (Wildman–Crippen LogP) is 2.78. The zero-order valence-electron chi connectivity index (χ0n) is 15.1. The maximum Gasteiger partial charge on any atom is 0.239 e. The molecule has 140 valence electrons. The van der Waals surface area contributed by atoms with E-state index in [1.165, 1.54) is 9.75 Å². The third-order valence-electron chi connectivity index (χ3n) is 4.43. The van der Waals surface area contributed by atoms with Gasteiger partial charge in [0, 0.05) is 40.3 Å². The molecule has 4 rings (SSSR count). The summed E-state index contributed by atoms with van der Waals surface area (Å²) in [5.74, 6) is 0. The van der Waals surface area contributed by atoms with Crippen molar-refractivity contribution in [3.63, 3.8) is 0 Å². The third-order valence-corrected chi connectivity index (χ3v) is 5.57. The normalized spacial score (nSPS) is 10.3. The number of rotatable bonds is 3. The van der Waals surface area contributed by atoms with Gasteiger partial charge in [0.1, 0.15) is 0 Å². The first kappa shape index (κ1) is 19.7. The number of halogens is 1. The van der Waals surface area contributed by atoms with Crippen molar-refractivity contribution in [1.82, 2.24) is 0 Å². The molecule has 0 unspecified atom stereocenters. The predicted molar refractivity (Wildman–Crippen MR) is 118 cm³/mol. The van der Waals surface area contributed by atoms with E-state index in [1.807, 2.05) is 36.4 Å². The molecule has 5 heteroatoms. The van der Waals surface area contributed by atoms with Crippen LogP contribution in [0.3, 0.4) is 0 Å². The lowest BCUT2D eigenvalue weighted by Crippen LogP contribution is -3.00. The van der Waals surface area contributed by atoms with Crippen LogP contribution in [0.5, 0.6) is 0 Å². The molecule has 1 heterocycles. The van der Waals surface area contributed by atoms with Crippen LogP contribution in [0.2, 0.25) is 0 Å². The largest absolute Gasteiger partial charge is 1.00 e. The Morgan fingerprint density at radius 3 is 1.11 bits per heavy atom. The number of nitrogen functional groups attached to an aromatic ring is 3. The molecule has 0 spiro atoms. The van der Waals surface area contributed by atoms with E-state index in [4.69, 9.17) is 17.2 Å². The van der Waals surface area contributed by atoms with Crippen LogP contribution in [0.1, 0.15) is 0 Å². The van der Waals surface area contributed by atoms with Gasteiger partial charge in [0.2, 0.25) is 21.1 Å². The average Bonchev–Trinajstić information content (AvgIpc) is 2.69. The van der Waals surface area contributed by atoms with Crippen molar-refractivity contribution >= 4 is 28.4 Å². The first-order chi connectivity index (χ1) is 13.1. The summed E-state index contributed by atoms with van der Waals surface area (Å²) in [7, 11) is 0. The van der Waals surface area contributed by atoms with E-state index in [1.54, 1.807) is 11.3 Å². The summed E-state index contributed by atoms with van der Waals surface area (Å²) in [6.45, 7) is 0. The molecule has 0 saturated heterocycles. The zero-order valence-corrected chi connectivity index (χ0v) is 16.7. The first-order valence-electron chi connectivity index (χ1n) is 8.64. The fourth-order valence-corrected chi connectivity index (χ4v) is 4.04. The van der Waals surface area contributed by atoms with Gasteiger partial charge in [0.25, 0.3) is 0 Å². The molecule has 3 nitrogen and oxygen atoms in total. The summed E-state index contributed by atoms with van der Waals surface area (Å²) in [6, 6.07) is 28.3. The van der Waals surface area contributed by atoms with E-state index >= 15 is 0 Å². The number of nitrogens with two attached hydrogens (primary N) is 3. The minimum absolute atomic E-state index is 0. The molecule has 0 radical (unpaired) electrons. The molecule has 0 aliphatic heterocycles. The van der Waals surface area contributed by atoms with Crippen LogP contribution in [-0.2, 0) is 0 Å². The molecule has 28 heavy (non-hydrogen) atoms. The van der Waals surface area contributed by atoms with E-state index in [-0.39, 0.29) is 12.4 Å². The van der Waals surface area contributed by atoms with Crippen molar-refractivity contribution in [1.29, 1.82) is 0 Å². The Balaban J connectivity index is 0.00000225. The summed E-state index contributed by atoms with van der Waals surface area (Å²) in [5.41, 5.74) is 24.4. The highest BCUT2D eigenvalue weighted by atomic mass is 35.5. The van der Waals surface area contributed by atoms with E-state index in [0.717, 1.165) is 39.3 Å². The minimum atomic E-state index is 0. The Hall–Kier alpha value is -3.08. The van der Waals surface area contributed by atoms with Crippen LogP contribution in [-0.4, -0.2) is 0 Å². The highest BCUT2D eigenvalue weighted by Gasteiger charge is 2.19. The number of hydrogen-bond acceptors (Lipinski definition) is 3. The van der Waals surface area contributed by atoms with Crippen molar-refractivity contribution in [2.45, 2.75) is 0 Å². The smallest absolute Gasteiger partial charge is 0.239 e. The van der Waals surface area contributed by atoms with Crippen molar-refractivity contribution in [3.05, 3.63) is 84.9 Å². The summed E-state index contributed by atoms with van der Waals surface area (Å²) in [4.78, 5) is 2.35. The monoisotopic (exact) mass is 405 g/mol. The second kappa shape index (κ2) is 8.30. The van der Waals surface area contributed by atoms with Gasteiger partial charge in [-0.3, -0.25) is 0 Å². The zero-order chi connectivity index (χ0) is 18.8. The number of benzene rings is 3. The summed E-state index contributed by atoms with van der Waals surface area (Å²) in [5, 5.41) is 0. The first-order valence-corrected chi connectivity index (χ1v) is 9.46. The molecule has 0 aliphatic carbocycles. The van der Waals surface area contributed by atoms with Gasteiger partial charge in [0.05, 0.1) is 0 Å². The molecular formula is C23H20ClN3S. The Morgan fingerprint density at radius 1 is 0.429 bits per heavy atom. The maximum absolute atomic E-state index is 5.85. The molecule has 4 aromatic rings. The summed E-state index contributed by atoms with van der Waals surface area (Å²) < 4.78 is 0. The highest BCUT2D eigenvalue weighted by molar-refractivity contribution is 7.18. The van der Waals surface area contributed by atoms with Gasteiger partial charge in [-0.15, -0.1) is 0 Å². The Bertz CT molecular complexity index is 922. The maximum atomic E-state index is 5.85. The van der Waals surface area contributed by atoms with Gasteiger partial charge in [-0.05, 0) is 71.8 Å². The number of hydrogen-bond donors (Lipinski definition) is 3. The van der Waals surface area contributed by atoms with Gasteiger partial charge in [-0.25, -0.2) is 0 Å². The fourth-order valence-electron chi connectivity index (χ4n) is 2.92. The SMILES string of the molecule is Nc1ccc(-c2cc(-c3ccc(N)cc3)[s+]c(-c3ccc(N)cc3)c2)cc1.[Cl-]. The average molecular weight is 406 g/mol. The molecule has 0 aliphatic rings. The minimum Gasteiger partial charge on any atom is -1.00 e. The van der Waals surface area contributed by atoms with Gasteiger partial charge < -0.3 is 29.6 Å². The summed E-state index contributed by atoms with van der Waals surface area (Å²) in [6.07, 6.45) is 0. The quantitative estimate of drug-likeness (QED) is 0.362. The Morgan fingerprint density at radius 2 is 0.750 bits per heavy atom. The highest BCUT2D eigenvalue weighted by Crippen LogP contribution is 2.37. The van der Waals surface area contributed by atoms with Crippen molar-refractivity contribution in [3.8, 4) is 32.0 Å². The Labute approximate surface area is 174 Å². The topological polar surface area (TPSA) is 78.1 Å². The molecule has 0 fully saturated rings. The van der Waals surface area contributed by atoms with Crippen molar-refractivity contribution in [2.24, 2.45) is 0 Å². The lowest BCUT2D eigenvalue weighted by molar-refractivity contribution is -0.00000521. The Kier molecular flexibility index (Phi) is 5.83. The molecule has 0 amide bonds. The molecule has 0 bridgehead atoms. The second-order valence-corrected chi connectivity index (χ2v) is 7.52. The molecule has 0 saturated carbocycles. The van der Waals surface area contributed by atoms with E-state index < -0.39 is 0 Å². The van der Waals surface area contributed by atoms with E-state index in [9.17, 15) is 0 Å². The van der Waals surface area contributed by atoms with Gasteiger partial charge in [0.15, 0.2) is 0 Å². The molecular weight excluding hydrogens is 386 g/mol. The lowest BCUT2D eigenvalue weighted by Gasteiger charge is -2.04. The van der Waals surface area contributed by atoms with E-state index in [0.29, 0.717) is 0 Å². The van der Waals surface area contributed by atoms with Crippen LogP contribution in [0.25, 0.3) is 32.0 Å². The van der Waals surface area contributed by atoms with Crippen LogP contribution in [0.4, 0.5) is 17.1 Å². The van der Waals surface area contributed by atoms with Gasteiger partial charge >= 0.3 is 0 Å². The standard InChI is InChI=1S/C23H20N3S.ClH/c24-19-7-1-15(2-8-19)18-13-22(16-3-9-20(25)10-4-16)27-23(14-18)17-5-11-21(26)12-6-17;/h1-14H,24-26H2;1H/q+1;/p-1. The fraction of sp³-hybridized carbons (Fsp3) is 0. The molecule has 1 aromatic heterocycles. The second-order valence-electron chi connectivity index (χ2n) is 6.44. The van der Waals surface area contributed by atoms with Crippen LogP contribution < -0.4 is 29.6 Å². The van der Waals surface area contributed by atoms with Gasteiger partial charge in [-0.1, -0.05) is 12.1 Å². The number of anilines is 3. The van der Waals surface area contributed by atoms with Crippen molar-refractivity contribution in [2.75, 3.05) is 17.2 Å². The van der Waals surface area contributed by atoms with Crippen LogP contribution in [0.15, 0.2) is 84.9 Å². The molecule has 0 atom stereocenters. The van der Waals surface area contributed by atoms with Gasteiger partial charge in [-0.2, -0.15) is 0 Å². The molecule has 6 N–H and O–H groups in total. The third kappa shape index (κ3) is 4.25. The van der Waals surface area contributed by atoms with Crippen LogP contribution in [0, 0.1) is 0 Å². The van der Waals surface area contributed by atoms with Crippen LogP contribution >= 0.6 is 11.3 Å². The molecule has 3 aromatic carbocycles. The lowest BCUT2D eigenvalue weighted by atomic mass is 10.0. The van der Waals surface area contributed by atoms with E-state index in [2.05, 4.69) is 48.5 Å². The van der Waals surface area contributed by atoms with Crippen molar-refractivity contribution < 1.29 is 12.4 Å².